The Bertz CT molecular complexity index is 256. The number of nitrogens with zero attached hydrogens (tertiary/aromatic N) is 1. The number of rotatable bonds is 7. The van der Waals surface area contributed by atoms with Gasteiger partial charge in [-0.3, -0.25) is 10.2 Å². The van der Waals surface area contributed by atoms with E-state index in [2.05, 4.69) is 24.2 Å². The Morgan fingerprint density at radius 1 is 1.26 bits per heavy atom. The summed E-state index contributed by atoms with van der Waals surface area (Å²) in [5.74, 6) is 6.75. The zero-order valence-electron chi connectivity index (χ0n) is 12.7. The summed E-state index contributed by atoms with van der Waals surface area (Å²) in [5.41, 5.74) is 2.18. The first-order valence-electron chi connectivity index (χ1n) is 7.85. The van der Waals surface area contributed by atoms with Gasteiger partial charge in [0.1, 0.15) is 0 Å². The van der Waals surface area contributed by atoms with Crippen LogP contribution in [0.3, 0.4) is 0 Å². The molecule has 19 heavy (non-hydrogen) atoms. The number of nitrogens with one attached hydrogen (secondary N) is 1. The molecule has 1 aliphatic heterocycles. The highest BCUT2D eigenvalue weighted by Crippen LogP contribution is 2.24. The lowest BCUT2D eigenvalue weighted by atomic mass is 9.89. The van der Waals surface area contributed by atoms with Crippen molar-refractivity contribution in [3.8, 4) is 0 Å². The molecule has 4 nitrogen and oxygen atoms in total. The molecule has 1 fully saturated rings. The highest BCUT2D eigenvalue weighted by Gasteiger charge is 2.18. The summed E-state index contributed by atoms with van der Waals surface area (Å²) in [4.78, 5) is 13.6. The van der Waals surface area contributed by atoms with Crippen LogP contribution in [0.2, 0.25) is 0 Å². The van der Waals surface area contributed by atoms with E-state index in [1.54, 1.807) is 0 Å². The molecular formula is C15H31N3O. The molecule has 4 heteroatoms. The Balaban J connectivity index is 2.08. The molecule has 0 saturated carbocycles. The first-order chi connectivity index (χ1) is 9.13. The zero-order valence-corrected chi connectivity index (χ0v) is 12.7. The number of amides is 1. The second kappa shape index (κ2) is 9.32. The maximum atomic E-state index is 11.0. The van der Waals surface area contributed by atoms with Gasteiger partial charge in [0.05, 0.1) is 0 Å². The van der Waals surface area contributed by atoms with Crippen molar-refractivity contribution in [3.63, 3.8) is 0 Å². The van der Waals surface area contributed by atoms with Crippen molar-refractivity contribution in [3.05, 3.63) is 0 Å². The predicted molar refractivity (Wildman–Crippen MR) is 79.4 cm³/mol. The number of hydrogen-bond donors (Lipinski definition) is 2. The van der Waals surface area contributed by atoms with Crippen molar-refractivity contribution in [2.75, 3.05) is 19.6 Å². The summed E-state index contributed by atoms with van der Waals surface area (Å²) in [6.07, 6.45) is 7.93. The molecule has 1 saturated heterocycles. The van der Waals surface area contributed by atoms with Gasteiger partial charge in [-0.1, -0.05) is 20.3 Å². The standard InChI is InChI=1S/C15H31N3O/c1-13(2)14-7-6-11-18(12-9-14)10-5-3-4-8-15(19)17-16/h13-14H,3-12,16H2,1-2H3,(H,17,19). The van der Waals surface area contributed by atoms with Gasteiger partial charge >= 0.3 is 0 Å². The van der Waals surface area contributed by atoms with Crippen LogP contribution in [0.15, 0.2) is 0 Å². The molecule has 3 N–H and O–H groups in total. The van der Waals surface area contributed by atoms with E-state index in [1.807, 2.05) is 0 Å². The maximum Gasteiger partial charge on any atom is 0.233 e. The van der Waals surface area contributed by atoms with Crippen LogP contribution < -0.4 is 11.3 Å². The van der Waals surface area contributed by atoms with Crippen LogP contribution in [0.4, 0.5) is 0 Å². The Morgan fingerprint density at radius 2 is 2.05 bits per heavy atom. The fourth-order valence-electron chi connectivity index (χ4n) is 2.94. The molecule has 1 amide bonds. The first-order valence-corrected chi connectivity index (χ1v) is 7.85. The molecule has 0 aromatic carbocycles. The second-order valence-electron chi connectivity index (χ2n) is 6.15. The summed E-state index contributed by atoms with van der Waals surface area (Å²) < 4.78 is 0. The lowest BCUT2D eigenvalue weighted by molar-refractivity contribution is -0.121. The third-order valence-corrected chi connectivity index (χ3v) is 4.35. The molecule has 1 heterocycles. The minimum atomic E-state index is -0.0467. The number of likely N-dealkylation sites (tertiary alicyclic amines) is 1. The Morgan fingerprint density at radius 3 is 2.74 bits per heavy atom. The number of nitrogens with two attached hydrogens (primary N) is 1. The van der Waals surface area contributed by atoms with Crippen LogP contribution in [-0.2, 0) is 4.79 Å². The van der Waals surface area contributed by atoms with Crippen molar-refractivity contribution in [1.82, 2.24) is 10.3 Å². The molecule has 0 bridgehead atoms. The van der Waals surface area contributed by atoms with E-state index in [9.17, 15) is 4.79 Å². The summed E-state index contributed by atoms with van der Waals surface area (Å²) in [6.45, 7) is 8.40. The van der Waals surface area contributed by atoms with Gasteiger partial charge in [-0.25, -0.2) is 5.84 Å². The van der Waals surface area contributed by atoms with Crippen LogP contribution >= 0.6 is 0 Å². The summed E-state index contributed by atoms with van der Waals surface area (Å²) in [7, 11) is 0. The average molecular weight is 269 g/mol. The van der Waals surface area contributed by atoms with Crippen molar-refractivity contribution < 1.29 is 4.79 Å². The third kappa shape index (κ3) is 6.92. The van der Waals surface area contributed by atoms with E-state index in [0.29, 0.717) is 6.42 Å². The molecule has 112 valence electrons. The van der Waals surface area contributed by atoms with Gasteiger partial charge in [-0.2, -0.15) is 0 Å². The quantitative estimate of drug-likeness (QED) is 0.323. The monoisotopic (exact) mass is 269 g/mol. The van der Waals surface area contributed by atoms with Gasteiger partial charge in [-0.05, 0) is 63.6 Å². The molecular weight excluding hydrogens is 238 g/mol. The van der Waals surface area contributed by atoms with E-state index < -0.39 is 0 Å². The van der Waals surface area contributed by atoms with Crippen LogP contribution in [-0.4, -0.2) is 30.4 Å². The number of carbonyl (C=O) groups is 1. The molecule has 1 unspecified atom stereocenters. The minimum Gasteiger partial charge on any atom is -0.303 e. The van der Waals surface area contributed by atoms with Crippen molar-refractivity contribution >= 4 is 5.91 Å². The molecule has 1 rings (SSSR count). The lowest BCUT2D eigenvalue weighted by Gasteiger charge is -2.21. The summed E-state index contributed by atoms with van der Waals surface area (Å²) in [6, 6.07) is 0. The number of carbonyl (C=O) groups excluding carboxylic acids is 1. The van der Waals surface area contributed by atoms with E-state index >= 15 is 0 Å². The van der Waals surface area contributed by atoms with Crippen molar-refractivity contribution in [2.45, 2.75) is 58.8 Å². The zero-order chi connectivity index (χ0) is 14.1. The Kier molecular flexibility index (Phi) is 8.07. The number of hydrazine groups is 1. The summed E-state index contributed by atoms with van der Waals surface area (Å²) >= 11 is 0. The van der Waals surface area contributed by atoms with Gasteiger partial charge in [0.25, 0.3) is 0 Å². The minimum absolute atomic E-state index is 0.0467. The molecule has 0 aromatic rings. The van der Waals surface area contributed by atoms with E-state index in [-0.39, 0.29) is 5.91 Å². The van der Waals surface area contributed by atoms with Crippen LogP contribution in [0, 0.1) is 11.8 Å². The molecule has 1 aliphatic rings. The van der Waals surface area contributed by atoms with Crippen LogP contribution in [0.1, 0.15) is 58.8 Å². The highest BCUT2D eigenvalue weighted by atomic mass is 16.2. The highest BCUT2D eigenvalue weighted by molar-refractivity contribution is 5.74. The van der Waals surface area contributed by atoms with Gasteiger partial charge in [-0.15, -0.1) is 0 Å². The van der Waals surface area contributed by atoms with Gasteiger partial charge in [0.15, 0.2) is 0 Å². The summed E-state index contributed by atoms with van der Waals surface area (Å²) in [5, 5.41) is 0. The SMILES string of the molecule is CC(C)C1CCCN(CCCCCC(=O)NN)CC1. The van der Waals surface area contributed by atoms with E-state index in [0.717, 1.165) is 24.7 Å². The van der Waals surface area contributed by atoms with Crippen LogP contribution in [0.5, 0.6) is 0 Å². The largest absolute Gasteiger partial charge is 0.303 e. The van der Waals surface area contributed by atoms with E-state index in [1.165, 1.54) is 45.3 Å². The predicted octanol–water partition coefficient (Wildman–Crippen LogP) is 2.29. The fraction of sp³-hybridized carbons (Fsp3) is 0.933. The van der Waals surface area contributed by atoms with Gasteiger partial charge < -0.3 is 4.90 Å². The first kappa shape index (κ1) is 16.4. The fourth-order valence-corrected chi connectivity index (χ4v) is 2.94. The lowest BCUT2D eigenvalue weighted by Crippen LogP contribution is -2.29. The molecule has 0 radical (unpaired) electrons. The average Bonchev–Trinajstić information content (AvgIpc) is 2.63. The molecule has 0 aromatic heterocycles. The topological polar surface area (TPSA) is 58.4 Å². The smallest absolute Gasteiger partial charge is 0.233 e. The maximum absolute atomic E-state index is 11.0. The van der Waals surface area contributed by atoms with Gasteiger partial charge in [0, 0.05) is 6.42 Å². The normalized spacial score (nSPS) is 21.4. The van der Waals surface area contributed by atoms with E-state index in [4.69, 9.17) is 5.84 Å². The third-order valence-electron chi connectivity index (χ3n) is 4.35. The Hall–Kier alpha value is -0.610. The van der Waals surface area contributed by atoms with Crippen LogP contribution in [0.25, 0.3) is 0 Å². The second-order valence-corrected chi connectivity index (χ2v) is 6.15. The van der Waals surface area contributed by atoms with Crippen molar-refractivity contribution in [1.29, 1.82) is 0 Å². The molecule has 0 aliphatic carbocycles. The molecule has 1 atom stereocenters. The number of hydrogen-bond acceptors (Lipinski definition) is 3. The number of unbranched alkanes of at least 4 members (excludes halogenated alkanes) is 2. The Labute approximate surface area is 118 Å². The molecule has 0 spiro atoms. The van der Waals surface area contributed by atoms with Gasteiger partial charge in [0.2, 0.25) is 5.91 Å². The van der Waals surface area contributed by atoms with Crippen molar-refractivity contribution in [2.24, 2.45) is 17.7 Å².